The first kappa shape index (κ1) is 14.9. The molecule has 1 heterocycles. The number of nitrogens with zero attached hydrogens (tertiary/aromatic N) is 2. The minimum atomic E-state index is -1.28. The molecule has 1 aromatic carbocycles. The number of aromatic carboxylic acids is 1. The molecule has 0 saturated carbocycles. The average Bonchev–Trinajstić information content (AvgIpc) is 2.62. The summed E-state index contributed by atoms with van der Waals surface area (Å²) >= 11 is 7.51. The molecule has 0 atom stereocenters. The molecule has 106 valence electrons. The lowest BCUT2D eigenvalue weighted by atomic mass is 10.2. The summed E-state index contributed by atoms with van der Waals surface area (Å²) in [7, 11) is 1.75. The Hall–Kier alpha value is -1.53. The zero-order valence-corrected chi connectivity index (χ0v) is 12.4. The molecule has 2 rings (SSSR count). The van der Waals surface area contributed by atoms with E-state index in [9.17, 15) is 9.18 Å². The normalized spacial score (nSPS) is 10.8. The highest BCUT2D eigenvalue weighted by atomic mass is 35.5. The molecule has 0 spiro atoms. The van der Waals surface area contributed by atoms with Gasteiger partial charge in [0.05, 0.1) is 11.3 Å². The summed E-state index contributed by atoms with van der Waals surface area (Å²) in [5.41, 5.74) is 1.38. The van der Waals surface area contributed by atoms with Gasteiger partial charge in [-0.05, 0) is 25.1 Å². The third-order valence-corrected chi connectivity index (χ3v) is 4.31. The fraction of sp³-hybridized carbons (Fsp3) is 0.231. The summed E-state index contributed by atoms with van der Waals surface area (Å²) in [6.45, 7) is 1.86. The first-order valence-corrected chi connectivity index (χ1v) is 7.10. The molecule has 4 nitrogen and oxygen atoms in total. The van der Waals surface area contributed by atoms with Crippen LogP contribution in [0.5, 0.6) is 0 Å². The lowest BCUT2D eigenvalue weighted by molar-refractivity contribution is 0.0691. The Morgan fingerprint density at radius 1 is 1.55 bits per heavy atom. The Kier molecular flexibility index (Phi) is 4.35. The molecule has 0 aliphatic rings. The van der Waals surface area contributed by atoms with Crippen molar-refractivity contribution in [2.45, 2.75) is 17.6 Å². The van der Waals surface area contributed by atoms with Crippen LogP contribution < -0.4 is 0 Å². The van der Waals surface area contributed by atoms with E-state index in [0.717, 1.165) is 17.3 Å². The summed E-state index contributed by atoms with van der Waals surface area (Å²) in [5.74, 6) is -1.47. The number of rotatable bonds is 4. The summed E-state index contributed by atoms with van der Waals surface area (Å²) < 4.78 is 14.9. The van der Waals surface area contributed by atoms with Gasteiger partial charge in [-0.1, -0.05) is 11.6 Å². The van der Waals surface area contributed by atoms with Gasteiger partial charge in [-0.2, -0.15) is 5.10 Å². The van der Waals surface area contributed by atoms with Crippen molar-refractivity contribution in [2.75, 3.05) is 0 Å². The van der Waals surface area contributed by atoms with Gasteiger partial charge >= 0.3 is 5.97 Å². The molecule has 7 heteroatoms. The molecule has 0 bridgehead atoms. The number of hydrogen-bond donors (Lipinski definition) is 1. The van der Waals surface area contributed by atoms with E-state index >= 15 is 0 Å². The molecule has 0 unspecified atom stereocenters. The van der Waals surface area contributed by atoms with Gasteiger partial charge in [0, 0.05) is 23.3 Å². The van der Waals surface area contributed by atoms with Crippen LogP contribution in [0.2, 0.25) is 5.15 Å². The van der Waals surface area contributed by atoms with Crippen molar-refractivity contribution >= 4 is 29.3 Å². The zero-order valence-electron chi connectivity index (χ0n) is 10.9. The smallest absolute Gasteiger partial charge is 0.338 e. The number of benzene rings is 1. The lowest BCUT2D eigenvalue weighted by Crippen LogP contribution is -2.00. The highest BCUT2D eigenvalue weighted by Gasteiger charge is 2.14. The van der Waals surface area contributed by atoms with Gasteiger partial charge in [-0.15, -0.1) is 11.8 Å². The molecule has 0 radical (unpaired) electrons. The molecular weight excluding hydrogens is 303 g/mol. The van der Waals surface area contributed by atoms with Gasteiger partial charge < -0.3 is 5.11 Å². The van der Waals surface area contributed by atoms with Crippen molar-refractivity contribution in [1.29, 1.82) is 0 Å². The summed E-state index contributed by atoms with van der Waals surface area (Å²) in [5, 5.41) is 13.6. The van der Waals surface area contributed by atoms with Gasteiger partial charge in [-0.25, -0.2) is 9.18 Å². The molecule has 1 aromatic heterocycles. The van der Waals surface area contributed by atoms with Crippen molar-refractivity contribution in [3.63, 3.8) is 0 Å². The van der Waals surface area contributed by atoms with E-state index in [-0.39, 0.29) is 5.56 Å². The number of aryl methyl sites for hydroxylation is 2. The largest absolute Gasteiger partial charge is 0.478 e. The Balaban J connectivity index is 2.19. The van der Waals surface area contributed by atoms with E-state index < -0.39 is 11.8 Å². The van der Waals surface area contributed by atoms with Crippen LogP contribution >= 0.6 is 23.4 Å². The van der Waals surface area contributed by atoms with Gasteiger partial charge in [0.1, 0.15) is 11.0 Å². The van der Waals surface area contributed by atoms with Gasteiger partial charge in [0.25, 0.3) is 0 Å². The topological polar surface area (TPSA) is 55.1 Å². The predicted molar refractivity (Wildman–Crippen MR) is 75.9 cm³/mol. The van der Waals surface area contributed by atoms with Gasteiger partial charge in [0.15, 0.2) is 0 Å². The molecule has 0 amide bonds. The lowest BCUT2D eigenvalue weighted by Gasteiger charge is -2.04. The van der Waals surface area contributed by atoms with Crippen molar-refractivity contribution in [3.05, 3.63) is 46.0 Å². The fourth-order valence-corrected chi connectivity index (χ4v) is 3.09. The maximum Gasteiger partial charge on any atom is 0.338 e. The van der Waals surface area contributed by atoms with E-state index in [4.69, 9.17) is 16.7 Å². The molecule has 20 heavy (non-hydrogen) atoms. The number of carbonyl (C=O) groups is 1. The second kappa shape index (κ2) is 5.85. The Morgan fingerprint density at radius 3 is 2.80 bits per heavy atom. The van der Waals surface area contributed by atoms with Crippen LogP contribution in [0.3, 0.4) is 0 Å². The minimum absolute atomic E-state index is 0.330. The Morgan fingerprint density at radius 2 is 2.25 bits per heavy atom. The first-order valence-electron chi connectivity index (χ1n) is 5.73. The van der Waals surface area contributed by atoms with E-state index in [1.807, 2.05) is 6.92 Å². The molecule has 0 saturated heterocycles. The first-order chi connectivity index (χ1) is 9.40. The second-order valence-corrected chi connectivity index (χ2v) is 5.62. The van der Waals surface area contributed by atoms with E-state index in [1.165, 1.54) is 17.8 Å². The second-order valence-electron chi connectivity index (χ2n) is 4.21. The fourth-order valence-electron chi connectivity index (χ4n) is 1.75. The van der Waals surface area contributed by atoms with Crippen molar-refractivity contribution < 1.29 is 14.3 Å². The zero-order chi connectivity index (χ0) is 14.9. The third kappa shape index (κ3) is 2.96. The highest BCUT2D eigenvalue weighted by molar-refractivity contribution is 7.98. The Labute approximate surface area is 124 Å². The van der Waals surface area contributed by atoms with Gasteiger partial charge in [-0.3, -0.25) is 4.68 Å². The molecule has 0 aliphatic carbocycles. The SMILES string of the molecule is Cc1nn(C)c(Cl)c1CSc1ccc(F)c(C(=O)O)c1. The number of carboxylic acids is 1. The molecule has 2 aromatic rings. The van der Waals surface area contributed by atoms with Crippen LogP contribution in [-0.4, -0.2) is 20.9 Å². The quantitative estimate of drug-likeness (QED) is 0.877. The van der Waals surface area contributed by atoms with Gasteiger partial charge in [0.2, 0.25) is 0 Å². The summed E-state index contributed by atoms with van der Waals surface area (Å²) in [4.78, 5) is 11.5. The standard InChI is InChI=1S/C13H12ClFN2O2S/c1-7-10(12(14)17(2)16-7)6-20-8-3-4-11(15)9(5-8)13(18)19/h3-5H,6H2,1-2H3,(H,18,19). The average molecular weight is 315 g/mol. The monoisotopic (exact) mass is 314 g/mol. The molecule has 0 fully saturated rings. The number of halogens is 2. The number of aromatic nitrogens is 2. The van der Waals surface area contributed by atoms with Crippen LogP contribution in [0, 0.1) is 12.7 Å². The van der Waals surface area contributed by atoms with Crippen LogP contribution in [0.15, 0.2) is 23.1 Å². The van der Waals surface area contributed by atoms with Crippen LogP contribution in [0.4, 0.5) is 4.39 Å². The maximum absolute atomic E-state index is 13.3. The van der Waals surface area contributed by atoms with E-state index in [2.05, 4.69) is 5.10 Å². The van der Waals surface area contributed by atoms with Crippen molar-refractivity contribution in [2.24, 2.45) is 7.05 Å². The minimum Gasteiger partial charge on any atom is -0.478 e. The molecular formula is C13H12ClFN2O2S. The number of carboxylic acid groups (broad SMARTS) is 1. The third-order valence-electron chi connectivity index (χ3n) is 2.82. The van der Waals surface area contributed by atoms with Crippen LogP contribution in [-0.2, 0) is 12.8 Å². The van der Waals surface area contributed by atoms with Crippen LogP contribution in [0.25, 0.3) is 0 Å². The maximum atomic E-state index is 13.3. The number of thioether (sulfide) groups is 1. The molecule has 1 N–H and O–H groups in total. The number of hydrogen-bond acceptors (Lipinski definition) is 3. The van der Waals surface area contributed by atoms with Crippen LogP contribution in [0.1, 0.15) is 21.6 Å². The van der Waals surface area contributed by atoms with E-state index in [0.29, 0.717) is 15.8 Å². The van der Waals surface area contributed by atoms with E-state index in [1.54, 1.807) is 17.8 Å². The summed E-state index contributed by atoms with van der Waals surface area (Å²) in [6.07, 6.45) is 0. The van der Waals surface area contributed by atoms with Crippen molar-refractivity contribution in [1.82, 2.24) is 9.78 Å². The Bertz CT molecular complexity index is 673. The summed E-state index contributed by atoms with van der Waals surface area (Å²) in [6, 6.07) is 4.03. The highest BCUT2D eigenvalue weighted by Crippen LogP contribution is 2.29. The molecule has 0 aliphatic heterocycles. The predicted octanol–water partition coefficient (Wildman–Crippen LogP) is 3.51. The van der Waals surface area contributed by atoms with Crippen molar-refractivity contribution in [3.8, 4) is 0 Å².